The molecule has 0 bridgehead atoms. The summed E-state index contributed by atoms with van der Waals surface area (Å²) in [6.45, 7) is 0. The Bertz CT molecular complexity index is 751. The number of nitrogens with zero attached hydrogens (tertiary/aromatic N) is 1. The van der Waals surface area contributed by atoms with E-state index in [1.165, 1.54) is 0 Å². The zero-order chi connectivity index (χ0) is 14.7. The number of hydrogen-bond donors (Lipinski definition) is 2. The highest BCUT2D eigenvalue weighted by Gasteiger charge is 2.06. The minimum atomic E-state index is -1.07. The zero-order valence-electron chi connectivity index (χ0n) is 11.0. The molecule has 0 saturated carbocycles. The van der Waals surface area contributed by atoms with Crippen molar-refractivity contribution in [1.82, 2.24) is 4.98 Å². The third-order valence-electron chi connectivity index (χ3n) is 2.95. The standard InChI is InChI=1S/C16H12N2O2S/c19-16(20)18-13-8-6-12(7-9-13)15-17-10-14(21-15)11-4-2-1-3-5-11/h1-10,18H,(H,19,20). The largest absolute Gasteiger partial charge is 0.465 e. The van der Waals surface area contributed by atoms with Crippen LogP contribution in [0.3, 0.4) is 0 Å². The highest BCUT2D eigenvalue weighted by molar-refractivity contribution is 7.18. The summed E-state index contributed by atoms with van der Waals surface area (Å²) in [7, 11) is 0. The first-order valence-corrected chi connectivity index (χ1v) is 7.16. The Labute approximate surface area is 125 Å². The van der Waals surface area contributed by atoms with Gasteiger partial charge in [-0.2, -0.15) is 0 Å². The maximum Gasteiger partial charge on any atom is 0.409 e. The molecule has 2 aromatic carbocycles. The molecule has 3 rings (SSSR count). The van der Waals surface area contributed by atoms with Gasteiger partial charge < -0.3 is 5.11 Å². The molecule has 3 aromatic rings. The average molecular weight is 296 g/mol. The summed E-state index contributed by atoms with van der Waals surface area (Å²) in [5.41, 5.74) is 2.66. The fraction of sp³-hybridized carbons (Fsp3) is 0. The fourth-order valence-electron chi connectivity index (χ4n) is 1.96. The summed E-state index contributed by atoms with van der Waals surface area (Å²) in [5, 5.41) is 11.9. The quantitative estimate of drug-likeness (QED) is 0.744. The van der Waals surface area contributed by atoms with Crippen LogP contribution in [0.1, 0.15) is 0 Å². The third kappa shape index (κ3) is 3.09. The van der Waals surface area contributed by atoms with Crippen molar-refractivity contribution in [2.24, 2.45) is 0 Å². The molecule has 0 unspecified atom stereocenters. The summed E-state index contributed by atoms with van der Waals surface area (Å²) in [4.78, 5) is 16.1. The molecular formula is C16H12N2O2S. The van der Waals surface area contributed by atoms with Crippen molar-refractivity contribution in [3.63, 3.8) is 0 Å². The number of carboxylic acid groups (broad SMARTS) is 1. The van der Waals surface area contributed by atoms with E-state index < -0.39 is 6.09 Å². The van der Waals surface area contributed by atoms with E-state index in [1.54, 1.807) is 23.5 Å². The molecule has 0 radical (unpaired) electrons. The summed E-state index contributed by atoms with van der Waals surface area (Å²) >= 11 is 1.61. The third-order valence-corrected chi connectivity index (χ3v) is 4.04. The van der Waals surface area contributed by atoms with Crippen molar-refractivity contribution >= 4 is 23.1 Å². The monoisotopic (exact) mass is 296 g/mol. The summed E-state index contributed by atoms with van der Waals surface area (Å²) in [5.74, 6) is 0. The van der Waals surface area contributed by atoms with Gasteiger partial charge in [0.2, 0.25) is 0 Å². The Morgan fingerprint density at radius 3 is 2.38 bits per heavy atom. The highest BCUT2D eigenvalue weighted by Crippen LogP contribution is 2.32. The maximum atomic E-state index is 10.6. The summed E-state index contributed by atoms with van der Waals surface area (Å²) in [6, 6.07) is 17.3. The first kappa shape index (κ1) is 13.3. The van der Waals surface area contributed by atoms with Gasteiger partial charge in [0, 0.05) is 17.4 Å². The first-order chi connectivity index (χ1) is 10.2. The normalized spacial score (nSPS) is 10.3. The molecule has 0 aliphatic heterocycles. The molecule has 0 fully saturated rings. The number of thiazole rings is 1. The van der Waals surface area contributed by atoms with Gasteiger partial charge in [-0.25, -0.2) is 9.78 Å². The second-order valence-electron chi connectivity index (χ2n) is 4.40. The molecule has 0 aliphatic carbocycles. The van der Waals surface area contributed by atoms with Crippen molar-refractivity contribution in [3.8, 4) is 21.0 Å². The number of rotatable bonds is 3. The number of anilines is 1. The van der Waals surface area contributed by atoms with Crippen molar-refractivity contribution in [3.05, 3.63) is 60.8 Å². The van der Waals surface area contributed by atoms with Gasteiger partial charge in [0.15, 0.2) is 0 Å². The van der Waals surface area contributed by atoms with Crippen LogP contribution < -0.4 is 5.32 Å². The summed E-state index contributed by atoms with van der Waals surface area (Å²) < 4.78 is 0. The number of aromatic nitrogens is 1. The molecule has 104 valence electrons. The molecule has 0 aliphatic rings. The zero-order valence-corrected chi connectivity index (χ0v) is 11.8. The minimum absolute atomic E-state index is 0.547. The van der Waals surface area contributed by atoms with Crippen molar-refractivity contribution < 1.29 is 9.90 Å². The van der Waals surface area contributed by atoms with Crippen LogP contribution in [0.15, 0.2) is 60.8 Å². The van der Waals surface area contributed by atoms with E-state index >= 15 is 0 Å². The molecule has 1 amide bonds. The van der Waals surface area contributed by atoms with Crippen LogP contribution in [0.25, 0.3) is 21.0 Å². The van der Waals surface area contributed by atoms with Crippen LogP contribution in [0.5, 0.6) is 0 Å². The number of carbonyl (C=O) groups is 1. The van der Waals surface area contributed by atoms with E-state index in [0.29, 0.717) is 5.69 Å². The van der Waals surface area contributed by atoms with E-state index in [9.17, 15) is 4.79 Å². The van der Waals surface area contributed by atoms with Crippen LogP contribution in [0.2, 0.25) is 0 Å². The number of nitrogens with one attached hydrogen (secondary N) is 1. The number of amides is 1. The van der Waals surface area contributed by atoms with Gasteiger partial charge in [-0.15, -0.1) is 11.3 Å². The second-order valence-corrected chi connectivity index (χ2v) is 5.43. The SMILES string of the molecule is O=C(O)Nc1ccc(-c2ncc(-c3ccccc3)s2)cc1. The van der Waals surface area contributed by atoms with Crippen molar-refractivity contribution in [2.75, 3.05) is 5.32 Å². The molecule has 1 aromatic heterocycles. The lowest BCUT2D eigenvalue weighted by molar-refractivity contribution is 0.210. The number of benzene rings is 2. The molecule has 5 heteroatoms. The lowest BCUT2D eigenvalue weighted by Crippen LogP contribution is -2.06. The Morgan fingerprint density at radius 2 is 1.71 bits per heavy atom. The summed E-state index contributed by atoms with van der Waals surface area (Å²) in [6.07, 6.45) is 0.794. The van der Waals surface area contributed by atoms with E-state index in [1.807, 2.05) is 36.5 Å². The van der Waals surface area contributed by atoms with Gasteiger partial charge >= 0.3 is 6.09 Å². The van der Waals surface area contributed by atoms with Gasteiger partial charge in [0.05, 0.1) is 4.88 Å². The Hall–Kier alpha value is -2.66. The maximum absolute atomic E-state index is 10.6. The average Bonchev–Trinajstić information content (AvgIpc) is 2.98. The predicted octanol–water partition coefficient (Wildman–Crippen LogP) is 4.57. The van der Waals surface area contributed by atoms with Gasteiger partial charge in [-0.3, -0.25) is 5.32 Å². The van der Waals surface area contributed by atoms with E-state index in [0.717, 1.165) is 21.0 Å². The Morgan fingerprint density at radius 1 is 1.00 bits per heavy atom. The van der Waals surface area contributed by atoms with Crippen LogP contribution in [0, 0.1) is 0 Å². The van der Waals surface area contributed by atoms with Gasteiger partial charge in [-0.05, 0) is 29.8 Å². The molecule has 0 saturated heterocycles. The van der Waals surface area contributed by atoms with Crippen LogP contribution in [0.4, 0.5) is 10.5 Å². The highest BCUT2D eigenvalue weighted by atomic mass is 32.1. The van der Waals surface area contributed by atoms with Gasteiger partial charge in [-0.1, -0.05) is 30.3 Å². The molecular weight excluding hydrogens is 284 g/mol. The van der Waals surface area contributed by atoms with Crippen LogP contribution in [-0.2, 0) is 0 Å². The Balaban J connectivity index is 1.85. The Kier molecular flexibility index (Phi) is 3.66. The van der Waals surface area contributed by atoms with E-state index in [-0.39, 0.29) is 0 Å². The molecule has 4 nitrogen and oxygen atoms in total. The lowest BCUT2D eigenvalue weighted by Gasteiger charge is -2.01. The molecule has 21 heavy (non-hydrogen) atoms. The predicted molar refractivity (Wildman–Crippen MR) is 84.6 cm³/mol. The van der Waals surface area contributed by atoms with Crippen molar-refractivity contribution in [2.45, 2.75) is 0 Å². The van der Waals surface area contributed by atoms with Crippen LogP contribution in [-0.4, -0.2) is 16.2 Å². The molecule has 0 spiro atoms. The molecule has 1 heterocycles. The molecule has 0 atom stereocenters. The minimum Gasteiger partial charge on any atom is -0.465 e. The second kappa shape index (κ2) is 5.76. The van der Waals surface area contributed by atoms with Gasteiger partial charge in [0.1, 0.15) is 5.01 Å². The topological polar surface area (TPSA) is 62.2 Å². The fourth-order valence-corrected chi connectivity index (χ4v) is 2.89. The van der Waals surface area contributed by atoms with E-state index in [2.05, 4.69) is 22.4 Å². The van der Waals surface area contributed by atoms with Crippen LogP contribution >= 0.6 is 11.3 Å². The lowest BCUT2D eigenvalue weighted by atomic mass is 10.2. The van der Waals surface area contributed by atoms with Crippen molar-refractivity contribution in [1.29, 1.82) is 0 Å². The van der Waals surface area contributed by atoms with E-state index in [4.69, 9.17) is 5.11 Å². The smallest absolute Gasteiger partial charge is 0.409 e. The molecule has 2 N–H and O–H groups in total. The first-order valence-electron chi connectivity index (χ1n) is 6.34. The van der Waals surface area contributed by atoms with Gasteiger partial charge in [0.25, 0.3) is 0 Å². The number of hydrogen-bond acceptors (Lipinski definition) is 3.